The number of nitrogens with one attached hydrogen (secondary N) is 2. The Kier molecular flexibility index (Phi) is 9.42. The van der Waals surface area contributed by atoms with E-state index in [9.17, 15) is 18.0 Å². The quantitative estimate of drug-likeness (QED) is 0.506. The minimum atomic E-state index is -4.01. The van der Waals surface area contributed by atoms with E-state index in [0.29, 0.717) is 0 Å². The first kappa shape index (κ1) is 21.9. The lowest BCUT2D eigenvalue weighted by atomic mass is 10.3. The molecule has 0 heterocycles. The lowest BCUT2D eigenvalue weighted by Gasteiger charge is -2.15. The number of hydrogen-bond acceptors (Lipinski definition) is 5. The predicted octanol–water partition coefficient (Wildman–Crippen LogP) is 1.19. The molecule has 1 amide bonds. The summed E-state index contributed by atoms with van der Waals surface area (Å²) in [6.07, 6.45) is -0.817. The summed E-state index contributed by atoms with van der Waals surface area (Å²) >= 11 is 2.02. The van der Waals surface area contributed by atoms with Gasteiger partial charge in [0.25, 0.3) is 0 Å². The molecule has 0 aliphatic rings. The second kappa shape index (κ2) is 9.90. The molecule has 1 aromatic carbocycles. The standard InChI is InChI=1S/C12H15IN2O6S.ClH/c1-2-21-12(18)14-7-10(11(16)17)15-22(19,20)9-5-3-8(13)4-6-9;/h3-6,10,15H,2,7H2,1H3,(H,14,18)(H,16,17);1H/t10-;/m0./s1. The molecule has 0 bridgehead atoms. The van der Waals surface area contributed by atoms with E-state index < -0.39 is 34.7 Å². The van der Waals surface area contributed by atoms with Crippen molar-refractivity contribution in [3.63, 3.8) is 0 Å². The summed E-state index contributed by atoms with van der Waals surface area (Å²) in [5.74, 6) is -1.41. The topological polar surface area (TPSA) is 122 Å². The summed E-state index contributed by atoms with van der Waals surface area (Å²) < 4.78 is 31.7. The molecule has 0 spiro atoms. The zero-order valence-electron chi connectivity index (χ0n) is 12.0. The Morgan fingerprint density at radius 1 is 1.30 bits per heavy atom. The smallest absolute Gasteiger partial charge is 0.407 e. The van der Waals surface area contributed by atoms with Crippen LogP contribution in [0.5, 0.6) is 0 Å². The molecule has 0 saturated heterocycles. The summed E-state index contributed by atoms with van der Waals surface area (Å²) in [6, 6.07) is 4.39. The highest BCUT2D eigenvalue weighted by atomic mass is 127. The van der Waals surface area contributed by atoms with Gasteiger partial charge in [0.05, 0.1) is 11.5 Å². The molecule has 0 aromatic heterocycles. The maximum absolute atomic E-state index is 12.1. The minimum Gasteiger partial charge on any atom is -0.480 e. The van der Waals surface area contributed by atoms with Gasteiger partial charge in [-0.3, -0.25) is 4.79 Å². The normalized spacial score (nSPS) is 11.9. The van der Waals surface area contributed by atoms with Gasteiger partial charge >= 0.3 is 12.1 Å². The molecule has 0 fully saturated rings. The first-order valence-corrected chi connectivity index (χ1v) is 8.73. The summed E-state index contributed by atoms with van der Waals surface area (Å²) in [7, 11) is -4.01. The number of carboxylic acids is 1. The van der Waals surface area contributed by atoms with Crippen LogP contribution in [0.2, 0.25) is 0 Å². The Hall–Kier alpha value is -1.11. The van der Waals surface area contributed by atoms with Crippen LogP contribution in [0.1, 0.15) is 6.92 Å². The Morgan fingerprint density at radius 2 is 1.87 bits per heavy atom. The van der Waals surface area contributed by atoms with Crippen LogP contribution in [-0.4, -0.2) is 44.8 Å². The molecular formula is C12H16ClIN2O6S. The Balaban J connectivity index is 0.00000484. The number of aliphatic carboxylic acids is 1. The van der Waals surface area contributed by atoms with Crippen molar-refractivity contribution in [2.24, 2.45) is 0 Å². The van der Waals surface area contributed by atoms with E-state index in [1.165, 1.54) is 12.1 Å². The van der Waals surface area contributed by atoms with Crippen molar-refractivity contribution in [2.45, 2.75) is 17.9 Å². The van der Waals surface area contributed by atoms with E-state index in [2.05, 4.69) is 10.1 Å². The van der Waals surface area contributed by atoms with Crippen molar-refractivity contribution >= 4 is 57.1 Å². The van der Waals surface area contributed by atoms with E-state index >= 15 is 0 Å². The summed E-state index contributed by atoms with van der Waals surface area (Å²) in [6.45, 7) is 1.28. The fourth-order valence-electron chi connectivity index (χ4n) is 1.42. The van der Waals surface area contributed by atoms with E-state index in [4.69, 9.17) is 5.11 Å². The van der Waals surface area contributed by atoms with Gasteiger partial charge in [-0.05, 0) is 53.8 Å². The zero-order chi connectivity index (χ0) is 16.8. The van der Waals surface area contributed by atoms with Crippen molar-refractivity contribution in [1.29, 1.82) is 0 Å². The van der Waals surface area contributed by atoms with Crippen molar-refractivity contribution in [3.8, 4) is 0 Å². The van der Waals surface area contributed by atoms with Gasteiger partial charge in [0.1, 0.15) is 6.04 Å². The predicted molar refractivity (Wildman–Crippen MR) is 93.2 cm³/mol. The van der Waals surface area contributed by atoms with Gasteiger partial charge < -0.3 is 15.2 Å². The summed E-state index contributed by atoms with van der Waals surface area (Å²) in [5.41, 5.74) is 0. The molecule has 1 aromatic rings. The van der Waals surface area contributed by atoms with E-state index in [1.54, 1.807) is 19.1 Å². The molecule has 8 nitrogen and oxygen atoms in total. The van der Waals surface area contributed by atoms with Gasteiger partial charge in [0.15, 0.2) is 0 Å². The van der Waals surface area contributed by atoms with Crippen molar-refractivity contribution < 1.29 is 27.9 Å². The van der Waals surface area contributed by atoms with Crippen LogP contribution in [0, 0.1) is 3.57 Å². The number of alkyl carbamates (subject to hydrolysis) is 1. The Morgan fingerprint density at radius 3 is 2.35 bits per heavy atom. The highest BCUT2D eigenvalue weighted by Gasteiger charge is 2.26. The maximum Gasteiger partial charge on any atom is 0.407 e. The number of carboxylic acid groups (broad SMARTS) is 1. The number of amides is 1. The average molecular weight is 479 g/mol. The maximum atomic E-state index is 12.1. The zero-order valence-corrected chi connectivity index (χ0v) is 15.8. The molecule has 3 N–H and O–H groups in total. The number of hydrogen-bond donors (Lipinski definition) is 3. The first-order chi connectivity index (χ1) is 10.3. The van der Waals surface area contributed by atoms with Gasteiger partial charge in [0, 0.05) is 10.1 Å². The molecule has 0 aliphatic heterocycles. The number of halogens is 2. The van der Waals surface area contributed by atoms with Crippen molar-refractivity contribution in [2.75, 3.05) is 13.2 Å². The summed E-state index contributed by atoms with van der Waals surface area (Å²) in [5, 5.41) is 11.2. The number of carbonyl (C=O) groups excluding carboxylic acids is 1. The number of sulfonamides is 1. The van der Waals surface area contributed by atoms with E-state index in [1.807, 2.05) is 27.3 Å². The van der Waals surface area contributed by atoms with Crippen LogP contribution in [0.4, 0.5) is 4.79 Å². The lowest BCUT2D eigenvalue weighted by Crippen LogP contribution is -2.48. The highest BCUT2D eigenvalue weighted by molar-refractivity contribution is 14.1. The van der Waals surface area contributed by atoms with Crippen LogP contribution >= 0.6 is 35.0 Å². The molecule has 0 radical (unpaired) electrons. The minimum absolute atomic E-state index is 0. The van der Waals surface area contributed by atoms with Gasteiger partial charge in [-0.2, -0.15) is 4.72 Å². The molecule has 0 aliphatic carbocycles. The molecule has 1 atom stereocenters. The third-order valence-corrected chi connectivity index (χ3v) is 4.65. The molecule has 130 valence electrons. The molecule has 0 saturated carbocycles. The Bertz CT molecular complexity index is 637. The van der Waals surface area contributed by atoms with Gasteiger partial charge in [-0.15, -0.1) is 12.4 Å². The van der Waals surface area contributed by atoms with Crippen LogP contribution in [0.3, 0.4) is 0 Å². The van der Waals surface area contributed by atoms with Crippen molar-refractivity contribution in [3.05, 3.63) is 27.8 Å². The number of carbonyl (C=O) groups is 2. The third-order valence-electron chi connectivity index (χ3n) is 2.45. The largest absolute Gasteiger partial charge is 0.480 e. The molecular weight excluding hydrogens is 463 g/mol. The Labute approximate surface area is 153 Å². The first-order valence-electron chi connectivity index (χ1n) is 6.17. The van der Waals surface area contributed by atoms with Gasteiger partial charge in [0.2, 0.25) is 10.0 Å². The number of rotatable bonds is 7. The number of benzene rings is 1. The van der Waals surface area contributed by atoms with Crippen LogP contribution in [0.15, 0.2) is 29.2 Å². The lowest BCUT2D eigenvalue weighted by molar-refractivity contribution is -0.138. The number of ether oxygens (including phenoxy) is 1. The van der Waals surface area contributed by atoms with Gasteiger partial charge in [-0.25, -0.2) is 13.2 Å². The van der Waals surface area contributed by atoms with Gasteiger partial charge in [-0.1, -0.05) is 0 Å². The molecule has 0 unspecified atom stereocenters. The van der Waals surface area contributed by atoms with Crippen LogP contribution < -0.4 is 10.0 Å². The molecule has 23 heavy (non-hydrogen) atoms. The second-order valence-corrected chi connectivity index (χ2v) is 7.03. The third kappa shape index (κ3) is 7.33. The average Bonchev–Trinajstić information content (AvgIpc) is 2.44. The fourth-order valence-corrected chi connectivity index (χ4v) is 2.96. The molecule has 11 heteroatoms. The monoisotopic (exact) mass is 478 g/mol. The fraction of sp³-hybridized carbons (Fsp3) is 0.333. The van der Waals surface area contributed by atoms with Crippen LogP contribution in [0.25, 0.3) is 0 Å². The van der Waals surface area contributed by atoms with E-state index in [-0.39, 0.29) is 23.9 Å². The molecule has 1 rings (SSSR count). The van der Waals surface area contributed by atoms with Crippen molar-refractivity contribution in [1.82, 2.24) is 10.0 Å². The highest BCUT2D eigenvalue weighted by Crippen LogP contribution is 2.12. The summed E-state index contributed by atoms with van der Waals surface area (Å²) in [4.78, 5) is 22.2. The van der Waals surface area contributed by atoms with Crippen LogP contribution in [-0.2, 0) is 19.6 Å². The van der Waals surface area contributed by atoms with E-state index in [0.717, 1.165) is 3.57 Å². The second-order valence-electron chi connectivity index (χ2n) is 4.07. The SMILES string of the molecule is CCOC(=O)NC[C@H](NS(=O)(=O)c1ccc(I)cc1)C(=O)O.Cl.